The number of hydrogen-bond donors (Lipinski definition) is 1. The SMILES string of the molecule is N#Cc1c(-c2ccc(Cl)cc2)cc(-c2ccc(Cl)cc2)[nH]c1=S. The molecule has 0 aliphatic rings. The molecule has 0 atom stereocenters. The Bertz CT molecular complexity index is 952. The number of H-pyrrole nitrogens is 1. The van der Waals surface area contributed by atoms with E-state index in [0.29, 0.717) is 20.2 Å². The summed E-state index contributed by atoms with van der Waals surface area (Å²) in [6.45, 7) is 0. The summed E-state index contributed by atoms with van der Waals surface area (Å²) in [6.07, 6.45) is 0. The molecule has 0 amide bonds. The number of benzene rings is 2. The van der Waals surface area contributed by atoms with E-state index in [4.69, 9.17) is 35.4 Å². The number of nitrogens with one attached hydrogen (secondary N) is 1. The van der Waals surface area contributed by atoms with E-state index in [-0.39, 0.29) is 0 Å². The molecule has 3 aromatic rings. The van der Waals surface area contributed by atoms with Crippen molar-refractivity contribution in [2.45, 2.75) is 0 Å². The predicted octanol–water partition coefficient (Wildman–Crippen LogP) is 6.26. The summed E-state index contributed by atoms with van der Waals surface area (Å²) in [5.41, 5.74) is 3.88. The van der Waals surface area contributed by atoms with Crippen molar-refractivity contribution in [3.8, 4) is 28.5 Å². The first-order valence-electron chi connectivity index (χ1n) is 6.78. The van der Waals surface area contributed by atoms with Crippen LogP contribution < -0.4 is 0 Å². The van der Waals surface area contributed by atoms with E-state index in [9.17, 15) is 5.26 Å². The Labute approximate surface area is 148 Å². The van der Waals surface area contributed by atoms with Crippen molar-refractivity contribution in [3.63, 3.8) is 0 Å². The summed E-state index contributed by atoms with van der Waals surface area (Å²) >= 11 is 17.2. The van der Waals surface area contributed by atoms with Gasteiger partial charge in [0, 0.05) is 21.3 Å². The van der Waals surface area contributed by atoms with Crippen LogP contribution in [0.2, 0.25) is 10.0 Å². The van der Waals surface area contributed by atoms with Gasteiger partial charge in [-0.3, -0.25) is 0 Å². The second kappa shape index (κ2) is 6.55. The minimum Gasteiger partial charge on any atom is -0.345 e. The van der Waals surface area contributed by atoms with E-state index in [1.54, 1.807) is 12.1 Å². The summed E-state index contributed by atoms with van der Waals surface area (Å²) in [4.78, 5) is 3.11. The zero-order valence-electron chi connectivity index (χ0n) is 11.8. The normalized spacial score (nSPS) is 10.3. The number of nitrogens with zero attached hydrogens (tertiary/aromatic N) is 1. The fraction of sp³-hybridized carbons (Fsp3) is 0. The quantitative estimate of drug-likeness (QED) is 0.550. The minimum absolute atomic E-state index is 0.407. The predicted molar refractivity (Wildman–Crippen MR) is 97.2 cm³/mol. The Morgan fingerprint density at radius 1 is 0.870 bits per heavy atom. The summed E-state index contributed by atoms with van der Waals surface area (Å²) in [5, 5.41) is 10.7. The highest BCUT2D eigenvalue weighted by Gasteiger charge is 2.10. The van der Waals surface area contributed by atoms with Gasteiger partial charge in [0.1, 0.15) is 10.7 Å². The molecule has 0 aliphatic heterocycles. The molecule has 0 unspecified atom stereocenters. The van der Waals surface area contributed by atoms with E-state index in [2.05, 4.69) is 11.1 Å². The first-order chi connectivity index (χ1) is 11.1. The van der Waals surface area contributed by atoms with Crippen LogP contribution in [0.3, 0.4) is 0 Å². The molecule has 0 aliphatic carbocycles. The highest BCUT2D eigenvalue weighted by molar-refractivity contribution is 7.71. The fourth-order valence-electron chi connectivity index (χ4n) is 2.31. The maximum atomic E-state index is 9.43. The van der Waals surface area contributed by atoms with Gasteiger partial charge in [-0.2, -0.15) is 5.26 Å². The number of aromatic nitrogens is 1. The number of hydrogen-bond acceptors (Lipinski definition) is 2. The van der Waals surface area contributed by atoms with E-state index in [0.717, 1.165) is 22.4 Å². The molecule has 23 heavy (non-hydrogen) atoms. The highest BCUT2D eigenvalue weighted by atomic mass is 35.5. The zero-order valence-corrected chi connectivity index (χ0v) is 14.1. The summed E-state index contributed by atoms with van der Waals surface area (Å²) in [6, 6.07) is 18.9. The molecule has 112 valence electrons. The van der Waals surface area contributed by atoms with Crippen LogP contribution in [0.5, 0.6) is 0 Å². The smallest absolute Gasteiger partial charge is 0.122 e. The minimum atomic E-state index is 0.407. The van der Waals surface area contributed by atoms with Crippen LogP contribution >= 0.6 is 35.4 Å². The summed E-state index contributed by atoms with van der Waals surface area (Å²) < 4.78 is 0.407. The molecule has 2 nitrogen and oxygen atoms in total. The summed E-state index contributed by atoms with van der Waals surface area (Å²) in [5.74, 6) is 0. The van der Waals surface area contributed by atoms with E-state index in [1.165, 1.54) is 0 Å². The lowest BCUT2D eigenvalue weighted by molar-refractivity contribution is 1.27. The number of nitriles is 1. The number of aromatic amines is 1. The van der Waals surface area contributed by atoms with Crippen molar-refractivity contribution in [3.05, 3.63) is 74.8 Å². The maximum Gasteiger partial charge on any atom is 0.122 e. The third-order valence-electron chi connectivity index (χ3n) is 3.46. The van der Waals surface area contributed by atoms with Gasteiger partial charge in [0.2, 0.25) is 0 Å². The van der Waals surface area contributed by atoms with Crippen molar-refractivity contribution in [2.75, 3.05) is 0 Å². The van der Waals surface area contributed by atoms with E-state index >= 15 is 0 Å². The zero-order chi connectivity index (χ0) is 16.4. The molecular formula is C18H10Cl2N2S. The Balaban J connectivity index is 2.22. The molecule has 0 bridgehead atoms. The number of rotatable bonds is 2. The molecule has 1 N–H and O–H groups in total. The van der Waals surface area contributed by atoms with Crippen molar-refractivity contribution in [1.29, 1.82) is 5.26 Å². The van der Waals surface area contributed by atoms with Gasteiger partial charge in [-0.1, -0.05) is 59.7 Å². The molecule has 1 heterocycles. The second-order valence-corrected chi connectivity index (χ2v) is 6.21. The Morgan fingerprint density at radius 2 is 1.39 bits per heavy atom. The fourth-order valence-corrected chi connectivity index (χ4v) is 2.83. The van der Waals surface area contributed by atoms with Gasteiger partial charge >= 0.3 is 0 Å². The average Bonchev–Trinajstić information content (AvgIpc) is 2.55. The maximum absolute atomic E-state index is 9.43. The van der Waals surface area contributed by atoms with Crippen LogP contribution in [0.15, 0.2) is 54.6 Å². The molecule has 0 saturated carbocycles. The molecule has 0 spiro atoms. The van der Waals surface area contributed by atoms with Crippen molar-refractivity contribution < 1.29 is 0 Å². The molecule has 0 fully saturated rings. The van der Waals surface area contributed by atoms with E-state index < -0.39 is 0 Å². The topological polar surface area (TPSA) is 39.6 Å². The Morgan fingerprint density at radius 3 is 1.91 bits per heavy atom. The van der Waals surface area contributed by atoms with Crippen LogP contribution in [0, 0.1) is 16.0 Å². The third-order valence-corrected chi connectivity index (χ3v) is 4.27. The standard InChI is InChI=1S/C18H10Cl2N2S/c19-13-5-1-11(2-6-13)15-9-17(22-18(23)16(15)10-21)12-3-7-14(20)8-4-12/h1-9H,(H,22,23). The second-order valence-electron chi connectivity index (χ2n) is 4.93. The molecule has 0 saturated heterocycles. The van der Waals surface area contributed by atoms with Crippen molar-refractivity contribution in [2.24, 2.45) is 0 Å². The third kappa shape index (κ3) is 3.30. The molecule has 5 heteroatoms. The number of pyridine rings is 1. The van der Waals surface area contributed by atoms with Gasteiger partial charge < -0.3 is 4.98 Å². The van der Waals surface area contributed by atoms with Crippen molar-refractivity contribution in [1.82, 2.24) is 4.98 Å². The lowest BCUT2D eigenvalue weighted by Crippen LogP contribution is -1.93. The monoisotopic (exact) mass is 356 g/mol. The lowest BCUT2D eigenvalue weighted by Gasteiger charge is -2.09. The van der Waals surface area contributed by atoms with Gasteiger partial charge in [0.05, 0.1) is 5.56 Å². The van der Waals surface area contributed by atoms with Gasteiger partial charge in [0.25, 0.3) is 0 Å². The molecule has 3 rings (SSSR count). The van der Waals surface area contributed by atoms with Gasteiger partial charge in [-0.25, -0.2) is 0 Å². The van der Waals surface area contributed by atoms with Crippen LogP contribution in [-0.4, -0.2) is 4.98 Å². The molecule has 1 aromatic heterocycles. The Hall–Kier alpha value is -2.12. The van der Waals surface area contributed by atoms with Gasteiger partial charge in [0.15, 0.2) is 0 Å². The highest BCUT2D eigenvalue weighted by Crippen LogP contribution is 2.30. The van der Waals surface area contributed by atoms with Crippen LogP contribution in [0.25, 0.3) is 22.4 Å². The first kappa shape index (κ1) is 15.8. The molecular weight excluding hydrogens is 347 g/mol. The van der Waals surface area contributed by atoms with Gasteiger partial charge in [-0.15, -0.1) is 0 Å². The molecule has 0 radical (unpaired) electrons. The summed E-state index contributed by atoms with van der Waals surface area (Å²) in [7, 11) is 0. The largest absolute Gasteiger partial charge is 0.345 e. The van der Waals surface area contributed by atoms with Crippen LogP contribution in [0.1, 0.15) is 5.56 Å². The van der Waals surface area contributed by atoms with Gasteiger partial charge in [-0.05, 0) is 41.5 Å². The van der Waals surface area contributed by atoms with Crippen LogP contribution in [0.4, 0.5) is 0 Å². The lowest BCUT2D eigenvalue weighted by atomic mass is 9.99. The van der Waals surface area contributed by atoms with Crippen LogP contribution in [-0.2, 0) is 0 Å². The van der Waals surface area contributed by atoms with E-state index in [1.807, 2.05) is 42.5 Å². The number of halogens is 2. The van der Waals surface area contributed by atoms with Crippen molar-refractivity contribution >= 4 is 35.4 Å². The molecule has 2 aromatic carbocycles. The Kier molecular flexibility index (Phi) is 4.49. The first-order valence-corrected chi connectivity index (χ1v) is 7.94. The average molecular weight is 357 g/mol.